The fourth-order valence-corrected chi connectivity index (χ4v) is 1.31. The van der Waals surface area contributed by atoms with Gasteiger partial charge in [0.2, 0.25) is 0 Å². The molecule has 0 spiro atoms. The van der Waals surface area contributed by atoms with E-state index in [1.54, 1.807) is 0 Å². The number of halogens is 2. The average molecular weight is 243 g/mol. The van der Waals surface area contributed by atoms with Crippen molar-refractivity contribution in [3.05, 3.63) is 4.83 Å². The highest BCUT2D eigenvalue weighted by Gasteiger charge is 2.20. The van der Waals surface area contributed by atoms with Crippen molar-refractivity contribution in [2.24, 2.45) is 0 Å². The molecule has 0 aromatic heterocycles. The van der Waals surface area contributed by atoms with Gasteiger partial charge in [-0.1, -0.05) is 31.9 Å². The lowest BCUT2D eigenvalue weighted by Gasteiger charge is -2.21. The van der Waals surface area contributed by atoms with Crippen LogP contribution in [0.2, 0.25) is 0 Å². The van der Waals surface area contributed by atoms with Gasteiger partial charge < -0.3 is 4.74 Å². The van der Waals surface area contributed by atoms with Crippen LogP contribution in [0.3, 0.4) is 0 Å². The quantitative estimate of drug-likeness (QED) is 0.592. The summed E-state index contributed by atoms with van der Waals surface area (Å²) in [5, 5.41) is 0. The number of hydrogen-bond donors (Lipinski definition) is 0. The Hall–Kier alpha value is 0.920. The van der Waals surface area contributed by atoms with Crippen molar-refractivity contribution in [1.82, 2.24) is 0 Å². The molecule has 3 heteroatoms. The molecule has 0 aromatic carbocycles. The van der Waals surface area contributed by atoms with Crippen LogP contribution in [0.4, 0.5) is 0 Å². The monoisotopic (exact) mass is 241 g/mol. The van der Waals surface area contributed by atoms with E-state index in [0.717, 1.165) is 19.6 Å². The maximum atomic E-state index is 5.14. The molecule has 0 aromatic rings. The molecule has 1 fully saturated rings. The van der Waals surface area contributed by atoms with Gasteiger partial charge in [0.25, 0.3) is 0 Å². The molecule has 8 heavy (non-hydrogen) atoms. The van der Waals surface area contributed by atoms with Gasteiger partial charge >= 0.3 is 0 Å². The van der Waals surface area contributed by atoms with Gasteiger partial charge in [-0.05, 0) is 6.42 Å². The summed E-state index contributed by atoms with van der Waals surface area (Å²) in [6.45, 7) is 1.64. The Morgan fingerprint density at radius 1 is 1.62 bits per heavy atom. The molecule has 0 amide bonds. The molecular weight excluding hydrogens is 236 g/mol. The van der Waals surface area contributed by atoms with Crippen LogP contribution in [0.5, 0.6) is 0 Å². The van der Waals surface area contributed by atoms with Gasteiger partial charge in [-0.3, -0.25) is 0 Å². The maximum Gasteiger partial charge on any atom is 0.0801 e. The Bertz CT molecular complexity index is 66.8. The Kier molecular flexibility index (Phi) is 2.80. The number of rotatable bonds is 0. The molecule has 1 aliphatic rings. The standard InChI is InChI=1S/C5H7Br2O/c6-4-1-2-8-3-5(4)7/h4H,1-3H2. The first-order valence-corrected chi connectivity index (χ1v) is 4.24. The van der Waals surface area contributed by atoms with E-state index in [9.17, 15) is 0 Å². The second-order valence-corrected chi connectivity index (χ2v) is 3.88. The third-order valence-electron chi connectivity index (χ3n) is 1.10. The minimum atomic E-state index is 0.524. The molecule has 1 saturated heterocycles. The second kappa shape index (κ2) is 3.18. The highest BCUT2D eigenvalue weighted by molar-refractivity contribution is 9.13. The molecule has 1 heterocycles. The van der Waals surface area contributed by atoms with Crippen LogP contribution in [0.15, 0.2) is 0 Å². The van der Waals surface area contributed by atoms with Gasteiger partial charge in [0, 0.05) is 11.4 Å². The Balaban J connectivity index is 2.28. The number of hydrogen-bond acceptors (Lipinski definition) is 1. The first-order valence-electron chi connectivity index (χ1n) is 2.54. The van der Waals surface area contributed by atoms with E-state index < -0.39 is 0 Å². The maximum absolute atomic E-state index is 5.14. The van der Waals surface area contributed by atoms with Crippen LogP contribution in [0.1, 0.15) is 6.42 Å². The highest BCUT2D eigenvalue weighted by atomic mass is 79.9. The lowest BCUT2D eigenvalue weighted by molar-refractivity contribution is 0.127. The average Bonchev–Trinajstić information content (AvgIpc) is 1.77. The molecule has 0 bridgehead atoms. The Labute approximate surface area is 66.0 Å². The molecular formula is C5H7Br2O. The molecule has 0 aliphatic carbocycles. The van der Waals surface area contributed by atoms with Gasteiger partial charge in [0.15, 0.2) is 0 Å². The summed E-state index contributed by atoms with van der Waals surface area (Å²) in [5.74, 6) is 0. The molecule has 1 aliphatic heterocycles. The molecule has 1 rings (SSSR count). The first-order chi connectivity index (χ1) is 3.80. The van der Waals surface area contributed by atoms with Crippen LogP contribution in [-0.2, 0) is 4.74 Å². The second-order valence-electron chi connectivity index (χ2n) is 1.76. The summed E-state index contributed by atoms with van der Waals surface area (Å²) in [4.78, 5) is 1.75. The summed E-state index contributed by atoms with van der Waals surface area (Å²) >= 11 is 6.89. The van der Waals surface area contributed by atoms with Crippen LogP contribution in [0.25, 0.3) is 0 Å². The molecule has 1 radical (unpaired) electrons. The van der Waals surface area contributed by atoms with Crippen molar-refractivity contribution in [3.8, 4) is 0 Å². The fourth-order valence-electron chi connectivity index (χ4n) is 0.604. The van der Waals surface area contributed by atoms with E-state index in [0.29, 0.717) is 4.83 Å². The van der Waals surface area contributed by atoms with Crippen molar-refractivity contribution >= 4 is 31.9 Å². The lowest BCUT2D eigenvalue weighted by Crippen LogP contribution is -2.21. The minimum absolute atomic E-state index is 0.524. The zero-order chi connectivity index (χ0) is 5.98. The highest BCUT2D eigenvalue weighted by Crippen LogP contribution is 2.28. The predicted octanol–water partition coefficient (Wildman–Crippen LogP) is 2.10. The van der Waals surface area contributed by atoms with Gasteiger partial charge in [-0.25, -0.2) is 0 Å². The van der Waals surface area contributed by atoms with Crippen LogP contribution in [-0.4, -0.2) is 18.0 Å². The molecule has 1 nitrogen and oxygen atoms in total. The van der Waals surface area contributed by atoms with Gasteiger partial charge in [-0.15, -0.1) is 0 Å². The SMILES string of the molecule is Br[C]1COCCC1Br. The van der Waals surface area contributed by atoms with Gasteiger partial charge in [0.1, 0.15) is 0 Å². The zero-order valence-corrected chi connectivity index (χ0v) is 7.53. The van der Waals surface area contributed by atoms with Crippen molar-refractivity contribution in [1.29, 1.82) is 0 Å². The van der Waals surface area contributed by atoms with Gasteiger partial charge in [-0.2, -0.15) is 0 Å². The Morgan fingerprint density at radius 2 is 2.38 bits per heavy atom. The largest absolute Gasteiger partial charge is 0.380 e. The zero-order valence-electron chi connectivity index (χ0n) is 4.36. The molecule has 0 saturated carbocycles. The summed E-state index contributed by atoms with van der Waals surface area (Å²) in [6.07, 6.45) is 1.08. The number of alkyl halides is 1. The van der Waals surface area contributed by atoms with E-state index in [1.807, 2.05) is 0 Å². The Morgan fingerprint density at radius 3 is 2.75 bits per heavy atom. The van der Waals surface area contributed by atoms with E-state index in [1.165, 1.54) is 4.83 Å². The smallest absolute Gasteiger partial charge is 0.0801 e. The summed E-state index contributed by atoms with van der Waals surface area (Å²) < 4.78 is 5.14. The van der Waals surface area contributed by atoms with Crippen LogP contribution < -0.4 is 0 Å². The van der Waals surface area contributed by atoms with Crippen LogP contribution in [0, 0.1) is 4.83 Å². The van der Waals surface area contributed by atoms with E-state index >= 15 is 0 Å². The van der Waals surface area contributed by atoms with Crippen molar-refractivity contribution in [2.45, 2.75) is 11.2 Å². The summed E-state index contributed by atoms with van der Waals surface area (Å²) in [5.41, 5.74) is 0. The third-order valence-corrected chi connectivity index (χ3v) is 3.50. The number of ether oxygens (including phenoxy) is 1. The minimum Gasteiger partial charge on any atom is -0.380 e. The van der Waals surface area contributed by atoms with E-state index in [4.69, 9.17) is 4.74 Å². The van der Waals surface area contributed by atoms with Crippen molar-refractivity contribution in [3.63, 3.8) is 0 Å². The van der Waals surface area contributed by atoms with Crippen molar-refractivity contribution in [2.75, 3.05) is 13.2 Å². The predicted molar refractivity (Wildman–Crippen MR) is 40.3 cm³/mol. The molecule has 47 valence electrons. The van der Waals surface area contributed by atoms with E-state index in [2.05, 4.69) is 31.9 Å². The van der Waals surface area contributed by atoms with Gasteiger partial charge in [0.05, 0.1) is 11.4 Å². The first kappa shape index (κ1) is 7.03. The molecule has 1 atom stereocenters. The topological polar surface area (TPSA) is 9.23 Å². The van der Waals surface area contributed by atoms with E-state index in [-0.39, 0.29) is 0 Å². The van der Waals surface area contributed by atoms with Crippen LogP contribution >= 0.6 is 31.9 Å². The fraction of sp³-hybridized carbons (Fsp3) is 0.800. The van der Waals surface area contributed by atoms with Crippen molar-refractivity contribution < 1.29 is 4.74 Å². The lowest BCUT2D eigenvalue weighted by atomic mass is 10.2. The summed E-state index contributed by atoms with van der Waals surface area (Å²) in [6, 6.07) is 0. The third kappa shape index (κ3) is 1.71. The summed E-state index contributed by atoms with van der Waals surface area (Å²) in [7, 11) is 0. The molecule has 1 unspecified atom stereocenters. The normalized spacial score (nSPS) is 33.0. The molecule has 0 N–H and O–H groups in total.